The Kier molecular flexibility index (Phi) is 5.85. The van der Waals surface area contributed by atoms with Crippen molar-refractivity contribution >= 4 is 33.5 Å². The number of hydrogen-bond donors (Lipinski definition) is 0. The lowest BCUT2D eigenvalue weighted by atomic mass is 10.0. The molecule has 0 aliphatic heterocycles. The fraction of sp³-hybridized carbons (Fsp3) is 0.417. The smallest absolute Gasteiger partial charge is 0.338 e. The van der Waals surface area contributed by atoms with Gasteiger partial charge in [0, 0.05) is 11.2 Å². The van der Waals surface area contributed by atoms with Crippen LogP contribution >= 0.6 is 27.5 Å². The number of ether oxygens (including phenoxy) is 1. The van der Waals surface area contributed by atoms with Crippen LogP contribution in [0.15, 0.2) is 18.2 Å². The molecule has 0 aromatic heterocycles. The van der Waals surface area contributed by atoms with E-state index in [0.29, 0.717) is 16.8 Å². The molecule has 1 aromatic carbocycles. The van der Waals surface area contributed by atoms with Crippen LogP contribution in [0.3, 0.4) is 0 Å². The van der Waals surface area contributed by atoms with Crippen LogP contribution in [0.2, 0.25) is 0 Å². The van der Waals surface area contributed by atoms with Crippen LogP contribution in [-0.2, 0) is 16.5 Å². The number of carbonyl (C=O) groups excluding carboxylic acids is 1. The Morgan fingerprint density at radius 2 is 2.25 bits per heavy atom. The molecule has 0 heterocycles. The van der Waals surface area contributed by atoms with Crippen molar-refractivity contribution in [2.24, 2.45) is 0 Å². The van der Waals surface area contributed by atoms with Gasteiger partial charge in [-0.3, -0.25) is 0 Å². The highest BCUT2D eigenvalue weighted by Gasteiger charge is 2.11. The zero-order chi connectivity index (χ0) is 12.0. The van der Waals surface area contributed by atoms with Crippen molar-refractivity contribution in [1.82, 2.24) is 0 Å². The van der Waals surface area contributed by atoms with E-state index < -0.39 is 0 Å². The zero-order valence-corrected chi connectivity index (χ0v) is 11.5. The van der Waals surface area contributed by atoms with Gasteiger partial charge in [-0.2, -0.15) is 0 Å². The number of alkyl halides is 2. The van der Waals surface area contributed by atoms with Crippen LogP contribution in [-0.4, -0.2) is 19.0 Å². The molecule has 0 aliphatic rings. The van der Waals surface area contributed by atoms with Gasteiger partial charge in [0.25, 0.3) is 0 Å². The van der Waals surface area contributed by atoms with Crippen molar-refractivity contribution in [2.75, 3.05) is 13.0 Å². The zero-order valence-electron chi connectivity index (χ0n) is 9.13. The Bertz CT molecular complexity index is 366. The molecule has 0 spiro atoms. The van der Waals surface area contributed by atoms with Crippen molar-refractivity contribution < 1.29 is 9.53 Å². The molecule has 88 valence electrons. The molecule has 0 atom stereocenters. The molecule has 1 aromatic rings. The predicted octanol–water partition coefficient (Wildman–Crippen LogP) is 3.54. The van der Waals surface area contributed by atoms with E-state index in [-0.39, 0.29) is 5.97 Å². The van der Waals surface area contributed by atoms with Crippen LogP contribution in [0.25, 0.3) is 0 Å². The molecular weight excluding hydrogens is 291 g/mol. The lowest BCUT2D eigenvalue weighted by Crippen LogP contribution is -2.06. The van der Waals surface area contributed by atoms with Crippen molar-refractivity contribution in [3.63, 3.8) is 0 Å². The van der Waals surface area contributed by atoms with E-state index in [9.17, 15) is 4.79 Å². The fourth-order valence-corrected chi connectivity index (χ4v) is 2.09. The maximum absolute atomic E-state index is 11.6. The van der Waals surface area contributed by atoms with Gasteiger partial charge in [0.2, 0.25) is 0 Å². The Labute approximate surface area is 109 Å². The van der Waals surface area contributed by atoms with Gasteiger partial charge in [-0.25, -0.2) is 4.79 Å². The number of esters is 1. The molecule has 0 unspecified atom stereocenters. The van der Waals surface area contributed by atoms with Crippen molar-refractivity contribution in [2.45, 2.75) is 18.2 Å². The molecule has 16 heavy (non-hydrogen) atoms. The van der Waals surface area contributed by atoms with Crippen molar-refractivity contribution in [1.29, 1.82) is 0 Å². The van der Waals surface area contributed by atoms with Gasteiger partial charge in [-0.1, -0.05) is 28.1 Å². The highest BCUT2D eigenvalue weighted by Crippen LogP contribution is 2.17. The third-order valence-electron chi connectivity index (χ3n) is 2.32. The summed E-state index contributed by atoms with van der Waals surface area (Å²) in [7, 11) is 1.39. The van der Waals surface area contributed by atoms with E-state index in [4.69, 9.17) is 16.3 Å². The Morgan fingerprint density at radius 1 is 1.50 bits per heavy atom. The van der Waals surface area contributed by atoms with Gasteiger partial charge in [0.15, 0.2) is 0 Å². The first-order valence-corrected chi connectivity index (χ1v) is 6.70. The van der Waals surface area contributed by atoms with E-state index in [1.807, 2.05) is 18.2 Å². The Hall–Kier alpha value is -0.540. The normalized spacial score (nSPS) is 10.2. The highest BCUT2D eigenvalue weighted by atomic mass is 79.9. The summed E-state index contributed by atoms with van der Waals surface area (Å²) >= 11 is 8.99. The minimum absolute atomic E-state index is 0.290. The summed E-state index contributed by atoms with van der Waals surface area (Å²) in [6, 6.07) is 5.86. The minimum atomic E-state index is -0.290. The van der Waals surface area contributed by atoms with E-state index in [2.05, 4.69) is 15.9 Å². The number of methoxy groups -OCH3 is 1. The first-order valence-electron chi connectivity index (χ1n) is 5.05. The van der Waals surface area contributed by atoms with Gasteiger partial charge in [-0.15, -0.1) is 11.6 Å². The van der Waals surface area contributed by atoms with Crippen molar-refractivity contribution in [3.05, 3.63) is 34.9 Å². The lowest BCUT2D eigenvalue weighted by molar-refractivity contribution is 0.0599. The number of halogens is 2. The first kappa shape index (κ1) is 13.5. The van der Waals surface area contributed by atoms with Gasteiger partial charge in [-0.05, 0) is 30.0 Å². The highest BCUT2D eigenvalue weighted by molar-refractivity contribution is 9.08. The summed E-state index contributed by atoms with van der Waals surface area (Å²) in [4.78, 5) is 11.6. The standard InChI is InChI=1S/C12H14BrClO2/c1-16-12(15)11-7-9(3-2-6-14)4-5-10(11)8-13/h4-5,7H,2-3,6,8H2,1H3. The van der Waals surface area contributed by atoms with Gasteiger partial charge in [0.1, 0.15) is 0 Å². The molecule has 0 saturated carbocycles. The number of rotatable bonds is 5. The average Bonchev–Trinajstić information content (AvgIpc) is 2.35. The van der Waals surface area contributed by atoms with Crippen LogP contribution in [0.4, 0.5) is 0 Å². The molecule has 1 rings (SSSR count). The van der Waals surface area contributed by atoms with E-state index in [0.717, 1.165) is 24.0 Å². The summed E-state index contributed by atoms with van der Waals surface area (Å²) in [5.41, 5.74) is 2.69. The second-order valence-corrected chi connectivity index (χ2v) is 4.35. The molecule has 0 amide bonds. The lowest BCUT2D eigenvalue weighted by Gasteiger charge is -2.08. The molecule has 0 fully saturated rings. The maximum atomic E-state index is 11.6. The van der Waals surface area contributed by atoms with Crippen LogP contribution in [0.5, 0.6) is 0 Å². The molecule has 2 nitrogen and oxygen atoms in total. The SMILES string of the molecule is COC(=O)c1cc(CCCCl)ccc1CBr. The van der Waals surface area contributed by atoms with Crippen molar-refractivity contribution in [3.8, 4) is 0 Å². The molecular formula is C12H14BrClO2. The number of hydrogen-bond acceptors (Lipinski definition) is 2. The van der Waals surface area contributed by atoms with Crippen LogP contribution < -0.4 is 0 Å². The summed E-state index contributed by atoms with van der Waals surface area (Å²) in [5.74, 6) is 0.343. The largest absolute Gasteiger partial charge is 0.465 e. The second kappa shape index (κ2) is 6.92. The van der Waals surface area contributed by atoms with Gasteiger partial charge >= 0.3 is 5.97 Å². The monoisotopic (exact) mass is 304 g/mol. The van der Waals surface area contributed by atoms with E-state index in [1.54, 1.807) is 0 Å². The molecule has 0 N–H and O–H groups in total. The topological polar surface area (TPSA) is 26.3 Å². The van der Waals surface area contributed by atoms with Gasteiger partial charge in [0.05, 0.1) is 12.7 Å². The Balaban J connectivity index is 2.96. The summed E-state index contributed by atoms with van der Waals surface area (Å²) < 4.78 is 4.75. The minimum Gasteiger partial charge on any atom is -0.465 e. The predicted molar refractivity (Wildman–Crippen MR) is 69.5 cm³/mol. The van der Waals surface area contributed by atoms with E-state index >= 15 is 0 Å². The van der Waals surface area contributed by atoms with Gasteiger partial charge < -0.3 is 4.74 Å². The van der Waals surface area contributed by atoms with Crippen LogP contribution in [0.1, 0.15) is 27.9 Å². The third-order valence-corrected chi connectivity index (χ3v) is 3.19. The summed E-state index contributed by atoms with van der Waals surface area (Å²) in [6.45, 7) is 0. The molecule has 0 radical (unpaired) electrons. The molecule has 0 aliphatic carbocycles. The quantitative estimate of drug-likeness (QED) is 0.614. The number of aryl methyl sites for hydroxylation is 1. The second-order valence-electron chi connectivity index (χ2n) is 3.41. The summed E-state index contributed by atoms with van der Waals surface area (Å²) in [5, 5.41) is 0.646. The van der Waals surface area contributed by atoms with E-state index in [1.165, 1.54) is 7.11 Å². The summed E-state index contributed by atoms with van der Waals surface area (Å²) in [6.07, 6.45) is 1.80. The number of benzene rings is 1. The van der Waals surface area contributed by atoms with Crippen LogP contribution in [0, 0.1) is 0 Å². The Morgan fingerprint density at radius 3 is 2.81 bits per heavy atom. The molecule has 4 heteroatoms. The maximum Gasteiger partial charge on any atom is 0.338 e. The first-order chi connectivity index (χ1) is 7.72. The average molecular weight is 306 g/mol. The molecule has 0 bridgehead atoms. The molecule has 0 saturated heterocycles. The fourth-order valence-electron chi connectivity index (χ4n) is 1.47. The third kappa shape index (κ3) is 3.49. The number of carbonyl (C=O) groups is 1.